The first-order valence-corrected chi connectivity index (χ1v) is 11.6. The van der Waals surface area contributed by atoms with Gasteiger partial charge in [-0.25, -0.2) is 0 Å². The highest BCUT2D eigenvalue weighted by molar-refractivity contribution is 6.36. The lowest BCUT2D eigenvalue weighted by atomic mass is 9.66. The van der Waals surface area contributed by atoms with Crippen molar-refractivity contribution in [1.29, 1.82) is 0 Å². The van der Waals surface area contributed by atoms with E-state index in [4.69, 9.17) is 11.6 Å². The van der Waals surface area contributed by atoms with Crippen LogP contribution < -0.4 is 0 Å². The number of rotatable bonds is 1. The molecule has 0 aromatic heterocycles. The Morgan fingerprint density at radius 1 is 0.700 bits per heavy atom. The molecule has 3 unspecified atom stereocenters. The largest absolute Gasteiger partial charge is 0.0837 e. The van der Waals surface area contributed by atoms with Crippen LogP contribution in [0.25, 0.3) is 33.0 Å². The van der Waals surface area contributed by atoms with Crippen LogP contribution in [-0.2, 0) is 5.41 Å². The van der Waals surface area contributed by atoms with E-state index in [1.54, 1.807) is 11.1 Å². The minimum atomic E-state index is 0.229. The fourth-order valence-corrected chi connectivity index (χ4v) is 7.30. The van der Waals surface area contributed by atoms with E-state index in [1.165, 1.54) is 53.3 Å². The molecule has 30 heavy (non-hydrogen) atoms. The van der Waals surface area contributed by atoms with Gasteiger partial charge < -0.3 is 0 Å². The standard InChI is InChI=1S/C29H23Cl/c30-28-14-13-21(22-5-1-2-7-25(22)28)19-10-12-24-23-6-3-4-8-26(23)29(27(24)16-19)17-18-9-11-20(29)15-18/h1-8,10,12-14,16,18,20H,9,11,15,17H2. The minimum Gasteiger partial charge on any atom is -0.0837 e. The second kappa shape index (κ2) is 5.99. The molecule has 4 aromatic rings. The van der Waals surface area contributed by atoms with Crippen molar-refractivity contribution in [2.75, 3.05) is 0 Å². The first kappa shape index (κ1) is 17.1. The van der Waals surface area contributed by atoms with E-state index in [0.717, 1.165) is 22.2 Å². The molecule has 7 rings (SSSR count). The van der Waals surface area contributed by atoms with Crippen molar-refractivity contribution in [3.63, 3.8) is 0 Å². The smallest absolute Gasteiger partial charge is 0.0484 e. The molecule has 0 N–H and O–H groups in total. The van der Waals surface area contributed by atoms with Gasteiger partial charge in [0.1, 0.15) is 0 Å². The number of halogens is 1. The molecule has 2 saturated carbocycles. The molecule has 0 saturated heterocycles. The molecule has 0 radical (unpaired) electrons. The molecule has 2 fully saturated rings. The summed E-state index contributed by atoms with van der Waals surface area (Å²) in [5, 5.41) is 3.20. The van der Waals surface area contributed by atoms with E-state index in [-0.39, 0.29) is 5.41 Å². The Bertz CT molecular complexity index is 1330. The van der Waals surface area contributed by atoms with Crippen molar-refractivity contribution in [3.8, 4) is 22.3 Å². The van der Waals surface area contributed by atoms with Gasteiger partial charge in [-0.2, -0.15) is 0 Å². The second-order valence-corrected chi connectivity index (χ2v) is 9.91. The Balaban J connectivity index is 1.49. The Morgan fingerprint density at radius 3 is 2.30 bits per heavy atom. The van der Waals surface area contributed by atoms with Crippen molar-refractivity contribution in [2.24, 2.45) is 11.8 Å². The third-order valence-electron chi connectivity index (χ3n) is 8.23. The van der Waals surface area contributed by atoms with E-state index < -0.39 is 0 Å². The molecule has 0 heterocycles. The maximum atomic E-state index is 6.51. The van der Waals surface area contributed by atoms with Crippen molar-refractivity contribution in [3.05, 3.63) is 95.0 Å². The van der Waals surface area contributed by atoms with E-state index in [9.17, 15) is 0 Å². The first-order valence-electron chi connectivity index (χ1n) is 11.2. The summed E-state index contributed by atoms with van der Waals surface area (Å²) in [6, 6.07) is 29.2. The normalized spacial score (nSPS) is 25.8. The molecule has 3 aliphatic carbocycles. The highest BCUT2D eigenvalue weighted by atomic mass is 35.5. The molecule has 0 nitrogen and oxygen atoms in total. The maximum absolute atomic E-state index is 6.51. The summed E-state index contributed by atoms with van der Waals surface area (Å²) in [7, 11) is 0. The van der Waals surface area contributed by atoms with Crippen LogP contribution in [-0.4, -0.2) is 0 Å². The average molecular weight is 407 g/mol. The highest BCUT2D eigenvalue weighted by Crippen LogP contribution is 2.65. The molecular formula is C29H23Cl. The van der Waals surface area contributed by atoms with Gasteiger partial charge in [-0.1, -0.05) is 84.8 Å². The van der Waals surface area contributed by atoms with E-state index in [2.05, 4.69) is 78.9 Å². The zero-order chi connectivity index (χ0) is 19.9. The Morgan fingerprint density at radius 2 is 1.47 bits per heavy atom. The summed E-state index contributed by atoms with van der Waals surface area (Å²) in [5.74, 6) is 1.69. The molecule has 4 aromatic carbocycles. The van der Waals surface area contributed by atoms with Gasteiger partial charge in [-0.3, -0.25) is 0 Å². The molecule has 2 bridgehead atoms. The van der Waals surface area contributed by atoms with Crippen LogP contribution in [0.3, 0.4) is 0 Å². The highest BCUT2D eigenvalue weighted by Gasteiger charge is 2.56. The molecular weight excluding hydrogens is 384 g/mol. The van der Waals surface area contributed by atoms with Crippen molar-refractivity contribution in [2.45, 2.75) is 31.1 Å². The van der Waals surface area contributed by atoms with Crippen molar-refractivity contribution >= 4 is 22.4 Å². The zero-order valence-corrected chi connectivity index (χ0v) is 17.6. The minimum absolute atomic E-state index is 0.229. The molecule has 0 amide bonds. The van der Waals surface area contributed by atoms with Crippen LogP contribution in [0.2, 0.25) is 5.02 Å². The van der Waals surface area contributed by atoms with Crippen LogP contribution in [0.15, 0.2) is 78.9 Å². The van der Waals surface area contributed by atoms with Crippen LogP contribution in [0.1, 0.15) is 36.8 Å². The summed E-state index contributed by atoms with van der Waals surface area (Å²) in [4.78, 5) is 0. The van der Waals surface area contributed by atoms with Gasteiger partial charge in [0.25, 0.3) is 0 Å². The molecule has 146 valence electrons. The van der Waals surface area contributed by atoms with Crippen LogP contribution in [0.5, 0.6) is 0 Å². The molecule has 1 heteroatoms. The van der Waals surface area contributed by atoms with Crippen LogP contribution in [0, 0.1) is 11.8 Å². The predicted molar refractivity (Wildman–Crippen MR) is 126 cm³/mol. The van der Waals surface area contributed by atoms with Gasteiger partial charge in [0.05, 0.1) is 0 Å². The third-order valence-corrected chi connectivity index (χ3v) is 8.56. The van der Waals surface area contributed by atoms with E-state index in [0.29, 0.717) is 0 Å². The molecule has 3 atom stereocenters. The summed E-state index contributed by atoms with van der Waals surface area (Å²) in [5.41, 5.74) is 8.92. The number of hydrogen-bond acceptors (Lipinski definition) is 0. The monoisotopic (exact) mass is 406 g/mol. The lowest BCUT2D eigenvalue weighted by molar-refractivity contribution is 0.327. The zero-order valence-electron chi connectivity index (χ0n) is 16.9. The van der Waals surface area contributed by atoms with E-state index in [1.807, 2.05) is 0 Å². The van der Waals surface area contributed by atoms with Gasteiger partial charge >= 0.3 is 0 Å². The van der Waals surface area contributed by atoms with Gasteiger partial charge in [0, 0.05) is 15.8 Å². The number of benzene rings is 4. The molecule has 1 spiro atoms. The Labute approximate surface area is 182 Å². The lowest BCUT2D eigenvalue weighted by Gasteiger charge is -2.36. The quantitative estimate of drug-likeness (QED) is 0.298. The van der Waals surface area contributed by atoms with Gasteiger partial charge in [0.2, 0.25) is 0 Å². The Hall–Kier alpha value is -2.57. The molecule has 3 aliphatic rings. The first-order chi connectivity index (χ1) is 14.8. The Kier molecular flexibility index (Phi) is 3.42. The van der Waals surface area contributed by atoms with Crippen molar-refractivity contribution in [1.82, 2.24) is 0 Å². The fourth-order valence-electron chi connectivity index (χ4n) is 7.07. The van der Waals surface area contributed by atoms with Crippen LogP contribution in [0.4, 0.5) is 0 Å². The summed E-state index contributed by atoms with van der Waals surface area (Å²) in [6.45, 7) is 0. The summed E-state index contributed by atoms with van der Waals surface area (Å²) >= 11 is 6.51. The predicted octanol–water partition coefficient (Wildman–Crippen LogP) is 8.25. The number of hydrogen-bond donors (Lipinski definition) is 0. The SMILES string of the molecule is Clc1ccc(-c2ccc3c(c2)C2(CC4CCC2C4)c2ccccc2-3)c2ccccc12. The van der Waals surface area contributed by atoms with Gasteiger partial charge in [-0.15, -0.1) is 0 Å². The maximum Gasteiger partial charge on any atom is 0.0484 e. The van der Waals surface area contributed by atoms with E-state index >= 15 is 0 Å². The average Bonchev–Trinajstić information content (AvgIpc) is 3.48. The van der Waals surface area contributed by atoms with Gasteiger partial charge in [0.15, 0.2) is 0 Å². The summed E-state index contributed by atoms with van der Waals surface area (Å²) < 4.78 is 0. The lowest BCUT2D eigenvalue weighted by Crippen LogP contribution is -2.31. The number of fused-ring (bicyclic) bond motifs is 9. The fraction of sp³-hybridized carbons (Fsp3) is 0.241. The third kappa shape index (κ3) is 2.08. The summed E-state index contributed by atoms with van der Waals surface area (Å²) in [6.07, 6.45) is 5.53. The second-order valence-electron chi connectivity index (χ2n) is 9.50. The molecule has 0 aliphatic heterocycles. The van der Waals surface area contributed by atoms with Crippen molar-refractivity contribution < 1.29 is 0 Å². The topological polar surface area (TPSA) is 0 Å². The van der Waals surface area contributed by atoms with Gasteiger partial charge in [-0.05, 0) is 82.0 Å². The van der Waals surface area contributed by atoms with Crippen LogP contribution >= 0.6 is 11.6 Å².